The summed E-state index contributed by atoms with van der Waals surface area (Å²) < 4.78 is 28.2. The first-order valence-corrected chi connectivity index (χ1v) is 8.96. The molecular formula is C16H20N4O3S. The molecule has 1 amide bonds. The van der Waals surface area contributed by atoms with Crippen molar-refractivity contribution in [2.75, 3.05) is 13.1 Å². The molecule has 0 aliphatic heterocycles. The maximum absolute atomic E-state index is 12.0. The highest BCUT2D eigenvalue weighted by molar-refractivity contribution is 7.89. The smallest absolute Gasteiger partial charge is 0.251 e. The molecule has 1 heterocycles. The molecule has 0 atom stereocenters. The van der Waals surface area contributed by atoms with Gasteiger partial charge in [0.2, 0.25) is 10.0 Å². The average Bonchev–Trinajstić information content (AvgIpc) is 3.10. The predicted molar refractivity (Wildman–Crippen MR) is 91.0 cm³/mol. The zero-order chi connectivity index (χ0) is 17.4. The van der Waals surface area contributed by atoms with E-state index in [1.807, 2.05) is 10.8 Å². The summed E-state index contributed by atoms with van der Waals surface area (Å²) in [5.41, 5.74) is 0.417. The van der Waals surface area contributed by atoms with Crippen LogP contribution in [-0.4, -0.2) is 37.0 Å². The molecule has 0 saturated carbocycles. The topological polar surface area (TPSA) is 93.1 Å². The van der Waals surface area contributed by atoms with Crippen molar-refractivity contribution >= 4 is 15.9 Å². The van der Waals surface area contributed by atoms with E-state index >= 15 is 0 Å². The van der Waals surface area contributed by atoms with Crippen molar-refractivity contribution in [3.8, 4) is 0 Å². The van der Waals surface area contributed by atoms with Gasteiger partial charge in [-0.3, -0.25) is 4.79 Å². The first kappa shape index (κ1) is 17.9. The van der Waals surface area contributed by atoms with E-state index in [9.17, 15) is 13.2 Å². The van der Waals surface area contributed by atoms with Crippen molar-refractivity contribution in [3.05, 3.63) is 61.2 Å². The zero-order valence-electron chi connectivity index (χ0n) is 13.2. The fourth-order valence-electron chi connectivity index (χ4n) is 2.02. The molecule has 0 unspecified atom stereocenters. The van der Waals surface area contributed by atoms with E-state index in [4.69, 9.17) is 0 Å². The Morgan fingerprint density at radius 3 is 2.67 bits per heavy atom. The normalized spacial score (nSPS) is 11.2. The Balaban J connectivity index is 1.85. The van der Waals surface area contributed by atoms with Gasteiger partial charge in [0.1, 0.15) is 0 Å². The number of nitrogens with one attached hydrogen (secondary N) is 2. The number of aromatic nitrogens is 2. The van der Waals surface area contributed by atoms with E-state index in [1.54, 1.807) is 12.5 Å². The first-order valence-electron chi connectivity index (χ1n) is 7.47. The quantitative estimate of drug-likeness (QED) is 0.525. The van der Waals surface area contributed by atoms with Gasteiger partial charge in [-0.05, 0) is 30.7 Å². The van der Waals surface area contributed by atoms with Crippen LogP contribution in [0.4, 0.5) is 0 Å². The van der Waals surface area contributed by atoms with Gasteiger partial charge < -0.3 is 9.88 Å². The maximum atomic E-state index is 12.0. The molecule has 128 valence electrons. The summed E-state index contributed by atoms with van der Waals surface area (Å²) in [7, 11) is -3.57. The number of hydrogen-bond acceptors (Lipinski definition) is 4. The number of carbonyl (C=O) groups is 1. The molecule has 0 bridgehead atoms. The Morgan fingerprint density at radius 1 is 1.29 bits per heavy atom. The molecule has 2 rings (SSSR count). The molecule has 0 fully saturated rings. The van der Waals surface area contributed by atoms with Crippen LogP contribution < -0.4 is 10.0 Å². The minimum absolute atomic E-state index is 0.112. The zero-order valence-corrected chi connectivity index (χ0v) is 14.0. The number of amides is 1. The molecular weight excluding hydrogens is 328 g/mol. The molecule has 8 heteroatoms. The number of benzene rings is 1. The monoisotopic (exact) mass is 348 g/mol. The molecule has 0 saturated heterocycles. The Labute approximate surface area is 141 Å². The van der Waals surface area contributed by atoms with Crippen LogP contribution in [0.3, 0.4) is 0 Å². The lowest BCUT2D eigenvalue weighted by Gasteiger charge is -2.07. The third kappa shape index (κ3) is 5.04. The summed E-state index contributed by atoms with van der Waals surface area (Å²) in [6.45, 7) is 4.91. The highest BCUT2D eigenvalue weighted by atomic mass is 32.2. The number of sulfonamides is 1. The highest BCUT2D eigenvalue weighted by Crippen LogP contribution is 2.10. The summed E-state index contributed by atoms with van der Waals surface area (Å²) in [4.78, 5) is 16.1. The van der Waals surface area contributed by atoms with Gasteiger partial charge in [-0.15, -0.1) is 6.58 Å². The van der Waals surface area contributed by atoms with E-state index < -0.39 is 10.0 Å². The molecule has 2 N–H and O–H groups in total. The van der Waals surface area contributed by atoms with Crippen LogP contribution in [0.5, 0.6) is 0 Å². The Bertz CT molecular complexity index is 768. The van der Waals surface area contributed by atoms with Gasteiger partial charge in [0.25, 0.3) is 5.91 Å². The number of rotatable bonds is 9. The Kier molecular flexibility index (Phi) is 6.28. The van der Waals surface area contributed by atoms with Gasteiger partial charge in [-0.1, -0.05) is 6.08 Å². The Morgan fingerprint density at radius 2 is 2.04 bits per heavy atom. The van der Waals surface area contributed by atoms with Crippen LogP contribution in [0.25, 0.3) is 0 Å². The lowest BCUT2D eigenvalue weighted by atomic mass is 10.2. The van der Waals surface area contributed by atoms with Gasteiger partial charge in [-0.2, -0.15) is 0 Å². The molecule has 0 aliphatic rings. The molecule has 0 radical (unpaired) electrons. The maximum Gasteiger partial charge on any atom is 0.251 e. The van der Waals surface area contributed by atoms with Crippen molar-refractivity contribution in [1.29, 1.82) is 0 Å². The molecule has 1 aromatic heterocycles. The second-order valence-corrected chi connectivity index (χ2v) is 6.84. The fourth-order valence-corrected chi connectivity index (χ4v) is 3.02. The van der Waals surface area contributed by atoms with Crippen molar-refractivity contribution in [1.82, 2.24) is 19.6 Å². The van der Waals surface area contributed by atoms with Gasteiger partial charge >= 0.3 is 0 Å². The van der Waals surface area contributed by atoms with E-state index in [-0.39, 0.29) is 17.3 Å². The van der Waals surface area contributed by atoms with Crippen LogP contribution >= 0.6 is 0 Å². The molecule has 0 aliphatic carbocycles. The first-order chi connectivity index (χ1) is 11.5. The number of aryl methyl sites for hydroxylation is 1. The minimum Gasteiger partial charge on any atom is -0.352 e. The van der Waals surface area contributed by atoms with Gasteiger partial charge in [0.05, 0.1) is 11.2 Å². The average molecular weight is 348 g/mol. The van der Waals surface area contributed by atoms with Crippen LogP contribution in [0.1, 0.15) is 16.8 Å². The van der Waals surface area contributed by atoms with Crippen LogP contribution in [0.2, 0.25) is 0 Å². The van der Waals surface area contributed by atoms with Gasteiger partial charge in [0.15, 0.2) is 0 Å². The second kappa shape index (κ2) is 8.42. The summed E-state index contributed by atoms with van der Waals surface area (Å²) in [5.74, 6) is -0.233. The summed E-state index contributed by atoms with van der Waals surface area (Å²) in [6.07, 6.45) is 7.53. The number of hydrogen-bond donors (Lipinski definition) is 2. The van der Waals surface area contributed by atoms with Crippen LogP contribution in [0, 0.1) is 0 Å². The van der Waals surface area contributed by atoms with E-state index in [0.717, 1.165) is 13.0 Å². The van der Waals surface area contributed by atoms with Crippen LogP contribution in [0.15, 0.2) is 60.5 Å². The standard InChI is InChI=1S/C16H20N4O3S/c1-2-8-19-24(22,23)15-6-4-14(5-7-15)16(21)18-9-3-11-20-12-10-17-13-20/h2,4-7,10,12-13,19H,1,3,8-9,11H2,(H,18,21). The molecule has 24 heavy (non-hydrogen) atoms. The molecule has 0 spiro atoms. The van der Waals surface area contributed by atoms with Gasteiger partial charge in [-0.25, -0.2) is 18.1 Å². The summed E-state index contributed by atoms with van der Waals surface area (Å²) >= 11 is 0. The largest absolute Gasteiger partial charge is 0.352 e. The van der Waals surface area contributed by atoms with Crippen molar-refractivity contribution in [3.63, 3.8) is 0 Å². The van der Waals surface area contributed by atoms with Crippen molar-refractivity contribution in [2.24, 2.45) is 0 Å². The highest BCUT2D eigenvalue weighted by Gasteiger charge is 2.13. The summed E-state index contributed by atoms with van der Waals surface area (Å²) in [6, 6.07) is 5.80. The third-order valence-corrected chi connectivity index (χ3v) is 4.72. The van der Waals surface area contributed by atoms with E-state index in [0.29, 0.717) is 12.1 Å². The minimum atomic E-state index is -3.57. The lowest BCUT2D eigenvalue weighted by Crippen LogP contribution is -2.26. The van der Waals surface area contributed by atoms with Crippen molar-refractivity contribution < 1.29 is 13.2 Å². The SMILES string of the molecule is C=CCNS(=O)(=O)c1ccc(C(=O)NCCCn2ccnc2)cc1. The van der Waals surface area contributed by atoms with E-state index in [1.165, 1.54) is 30.3 Å². The van der Waals surface area contributed by atoms with Gasteiger partial charge in [0, 0.05) is 37.6 Å². The van der Waals surface area contributed by atoms with Crippen LogP contribution in [-0.2, 0) is 16.6 Å². The summed E-state index contributed by atoms with van der Waals surface area (Å²) in [5, 5.41) is 2.80. The predicted octanol–water partition coefficient (Wildman–Crippen LogP) is 1.17. The van der Waals surface area contributed by atoms with Crippen molar-refractivity contribution in [2.45, 2.75) is 17.9 Å². The fraction of sp³-hybridized carbons (Fsp3) is 0.250. The van der Waals surface area contributed by atoms with E-state index in [2.05, 4.69) is 21.6 Å². The number of nitrogens with zero attached hydrogens (tertiary/aromatic N) is 2. The third-order valence-electron chi connectivity index (χ3n) is 3.28. The molecule has 2 aromatic rings. The lowest BCUT2D eigenvalue weighted by molar-refractivity contribution is 0.0952. The molecule has 1 aromatic carbocycles. The molecule has 7 nitrogen and oxygen atoms in total. The Hall–Kier alpha value is -2.45. The number of carbonyl (C=O) groups excluding carboxylic acids is 1. The number of imidazole rings is 1. The second-order valence-electron chi connectivity index (χ2n) is 5.07.